The second-order valence-electron chi connectivity index (χ2n) is 4.49. The SMILES string of the molecule is CCNC1CCC(Oc2cccc(OC)c2)C1. The van der Waals surface area contributed by atoms with Gasteiger partial charge in [-0.3, -0.25) is 0 Å². The number of methoxy groups -OCH3 is 1. The van der Waals surface area contributed by atoms with E-state index in [1.165, 1.54) is 6.42 Å². The van der Waals surface area contributed by atoms with Gasteiger partial charge in [0.25, 0.3) is 0 Å². The van der Waals surface area contributed by atoms with Crippen molar-refractivity contribution in [2.75, 3.05) is 13.7 Å². The molecule has 2 unspecified atom stereocenters. The van der Waals surface area contributed by atoms with Crippen molar-refractivity contribution in [3.8, 4) is 11.5 Å². The van der Waals surface area contributed by atoms with Crippen molar-refractivity contribution in [1.29, 1.82) is 0 Å². The van der Waals surface area contributed by atoms with E-state index in [4.69, 9.17) is 9.47 Å². The average molecular weight is 235 g/mol. The zero-order valence-corrected chi connectivity index (χ0v) is 10.6. The summed E-state index contributed by atoms with van der Waals surface area (Å²) >= 11 is 0. The molecule has 1 aliphatic rings. The van der Waals surface area contributed by atoms with Crippen LogP contribution in [0.2, 0.25) is 0 Å². The fourth-order valence-electron chi connectivity index (χ4n) is 2.39. The summed E-state index contributed by atoms with van der Waals surface area (Å²) in [5.74, 6) is 1.76. The average Bonchev–Trinajstić information content (AvgIpc) is 2.77. The lowest BCUT2D eigenvalue weighted by atomic mass is 10.2. The standard InChI is InChI=1S/C14H21NO2/c1-3-15-11-7-8-14(9-11)17-13-6-4-5-12(10-13)16-2/h4-6,10-11,14-15H,3,7-9H2,1-2H3. The molecule has 1 aromatic rings. The number of ether oxygens (including phenoxy) is 2. The van der Waals surface area contributed by atoms with Gasteiger partial charge in [-0.1, -0.05) is 13.0 Å². The van der Waals surface area contributed by atoms with Crippen LogP contribution < -0.4 is 14.8 Å². The van der Waals surface area contributed by atoms with Crippen LogP contribution in [0.3, 0.4) is 0 Å². The van der Waals surface area contributed by atoms with Crippen LogP contribution in [0.1, 0.15) is 26.2 Å². The molecule has 17 heavy (non-hydrogen) atoms. The first-order valence-electron chi connectivity index (χ1n) is 6.36. The predicted molar refractivity (Wildman–Crippen MR) is 68.7 cm³/mol. The molecule has 0 aliphatic heterocycles. The zero-order chi connectivity index (χ0) is 12.1. The molecule has 1 N–H and O–H groups in total. The Bertz CT molecular complexity index is 354. The van der Waals surface area contributed by atoms with Crippen molar-refractivity contribution in [2.45, 2.75) is 38.3 Å². The molecule has 0 saturated heterocycles. The number of hydrogen-bond donors (Lipinski definition) is 1. The third-order valence-corrected chi connectivity index (χ3v) is 3.22. The van der Waals surface area contributed by atoms with Crippen LogP contribution in [0.5, 0.6) is 11.5 Å². The molecular weight excluding hydrogens is 214 g/mol. The number of benzene rings is 1. The molecule has 2 atom stereocenters. The summed E-state index contributed by atoms with van der Waals surface area (Å²) in [7, 11) is 1.68. The van der Waals surface area contributed by atoms with Gasteiger partial charge in [-0.25, -0.2) is 0 Å². The first kappa shape index (κ1) is 12.2. The van der Waals surface area contributed by atoms with E-state index < -0.39 is 0 Å². The van der Waals surface area contributed by atoms with Gasteiger partial charge in [-0.2, -0.15) is 0 Å². The Morgan fingerprint density at radius 2 is 2.12 bits per heavy atom. The first-order valence-corrected chi connectivity index (χ1v) is 6.36. The van der Waals surface area contributed by atoms with Crippen molar-refractivity contribution < 1.29 is 9.47 Å². The molecule has 0 amide bonds. The maximum absolute atomic E-state index is 5.97. The predicted octanol–water partition coefficient (Wildman–Crippen LogP) is 2.60. The van der Waals surface area contributed by atoms with Crippen molar-refractivity contribution in [3.05, 3.63) is 24.3 Å². The van der Waals surface area contributed by atoms with Gasteiger partial charge in [0.05, 0.1) is 7.11 Å². The maximum Gasteiger partial charge on any atom is 0.123 e. The van der Waals surface area contributed by atoms with E-state index >= 15 is 0 Å². The highest BCUT2D eigenvalue weighted by Crippen LogP contribution is 2.26. The van der Waals surface area contributed by atoms with Gasteiger partial charge in [-0.15, -0.1) is 0 Å². The molecule has 1 aromatic carbocycles. The fraction of sp³-hybridized carbons (Fsp3) is 0.571. The summed E-state index contributed by atoms with van der Waals surface area (Å²) in [6, 6.07) is 8.45. The van der Waals surface area contributed by atoms with Gasteiger partial charge in [0.1, 0.15) is 17.6 Å². The largest absolute Gasteiger partial charge is 0.497 e. The Morgan fingerprint density at radius 3 is 2.88 bits per heavy atom. The zero-order valence-electron chi connectivity index (χ0n) is 10.6. The highest BCUT2D eigenvalue weighted by molar-refractivity contribution is 5.33. The van der Waals surface area contributed by atoms with E-state index in [0.29, 0.717) is 12.1 Å². The highest BCUT2D eigenvalue weighted by Gasteiger charge is 2.25. The molecular formula is C14H21NO2. The lowest BCUT2D eigenvalue weighted by Crippen LogP contribution is -2.27. The summed E-state index contributed by atoms with van der Waals surface area (Å²) in [4.78, 5) is 0. The number of hydrogen-bond acceptors (Lipinski definition) is 3. The normalized spacial score (nSPS) is 23.6. The van der Waals surface area contributed by atoms with Gasteiger partial charge in [0.15, 0.2) is 0 Å². The Morgan fingerprint density at radius 1 is 1.29 bits per heavy atom. The summed E-state index contributed by atoms with van der Waals surface area (Å²) in [5, 5.41) is 3.48. The van der Waals surface area contributed by atoms with E-state index in [9.17, 15) is 0 Å². The highest BCUT2D eigenvalue weighted by atomic mass is 16.5. The van der Waals surface area contributed by atoms with Crippen LogP contribution in [-0.2, 0) is 0 Å². The van der Waals surface area contributed by atoms with Gasteiger partial charge in [-0.05, 0) is 37.9 Å². The molecule has 3 heteroatoms. The Labute approximate surface area is 103 Å². The quantitative estimate of drug-likeness (QED) is 0.851. The summed E-state index contributed by atoms with van der Waals surface area (Å²) < 4.78 is 11.2. The minimum absolute atomic E-state index is 0.339. The maximum atomic E-state index is 5.97. The van der Waals surface area contributed by atoms with Crippen LogP contribution >= 0.6 is 0 Å². The molecule has 0 bridgehead atoms. The van der Waals surface area contributed by atoms with Gasteiger partial charge >= 0.3 is 0 Å². The van der Waals surface area contributed by atoms with Crippen molar-refractivity contribution in [2.24, 2.45) is 0 Å². The van der Waals surface area contributed by atoms with E-state index in [1.807, 2.05) is 24.3 Å². The fourth-order valence-corrected chi connectivity index (χ4v) is 2.39. The van der Waals surface area contributed by atoms with Crippen LogP contribution in [-0.4, -0.2) is 25.8 Å². The molecule has 3 nitrogen and oxygen atoms in total. The van der Waals surface area contributed by atoms with Crippen molar-refractivity contribution in [3.63, 3.8) is 0 Å². The van der Waals surface area contributed by atoms with Crippen molar-refractivity contribution >= 4 is 0 Å². The van der Waals surface area contributed by atoms with E-state index in [0.717, 1.165) is 30.9 Å². The molecule has 0 radical (unpaired) electrons. The topological polar surface area (TPSA) is 30.5 Å². The van der Waals surface area contributed by atoms with Gasteiger partial charge in [0.2, 0.25) is 0 Å². The molecule has 1 saturated carbocycles. The van der Waals surface area contributed by atoms with Crippen molar-refractivity contribution in [1.82, 2.24) is 5.32 Å². The summed E-state index contributed by atoms with van der Waals surface area (Å²) in [6.45, 7) is 3.19. The second-order valence-corrected chi connectivity index (χ2v) is 4.49. The minimum atomic E-state index is 0.339. The van der Waals surface area contributed by atoms with Crippen LogP contribution in [0.4, 0.5) is 0 Å². The molecule has 2 rings (SSSR count). The summed E-state index contributed by atoms with van der Waals surface area (Å²) in [6.07, 6.45) is 3.79. The molecule has 0 spiro atoms. The lowest BCUT2D eigenvalue weighted by molar-refractivity contribution is 0.205. The molecule has 0 heterocycles. The first-order chi connectivity index (χ1) is 8.31. The molecule has 0 aromatic heterocycles. The van der Waals surface area contributed by atoms with E-state index in [-0.39, 0.29) is 0 Å². The Kier molecular flexibility index (Phi) is 4.26. The summed E-state index contributed by atoms with van der Waals surface area (Å²) in [5.41, 5.74) is 0. The molecule has 1 fully saturated rings. The van der Waals surface area contributed by atoms with Gasteiger partial charge in [0, 0.05) is 12.1 Å². The Balaban J connectivity index is 1.88. The molecule has 94 valence electrons. The number of rotatable bonds is 5. The third kappa shape index (κ3) is 3.37. The van der Waals surface area contributed by atoms with Crippen LogP contribution in [0, 0.1) is 0 Å². The monoisotopic (exact) mass is 235 g/mol. The van der Waals surface area contributed by atoms with Crippen LogP contribution in [0.25, 0.3) is 0 Å². The second kappa shape index (κ2) is 5.92. The Hall–Kier alpha value is -1.22. The van der Waals surface area contributed by atoms with E-state index in [2.05, 4.69) is 12.2 Å². The smallest absolute Gasteiger partial charge is 0.123 e. The lowest BCUT2D eigenvalue weighted by Gasteiger charge is -2.15. The van der Waals surface area contributed by atoms with Crippen LogP contribution in [0.15, 0.2) is 24.3 Å². The third-order valence-electron chi connectivity index (χ3n) is 3.22. The molecule has 1 aliphatic carbocycles. The minimum Gasteiger partial charge on any atom is -0.497 e. The van der Waals surface area contributed by atoms with Gasteiger partial charge < -0.3 is 14.8 Å². The van der Waals surface area contributed by atoms with E-state index in [1.54, 1.807) is 7.11 Å². The number of nitrogens with one attached hydrogen (secondary N) is 1.